The molecule has 0 radical (unpaired) electrons. The molecule has 0 spiro atoms. The molecular weight excluding hydrogens is 390 g/mol. The SMILES string of the molecule is Cc1c(Cl)cccc1-c1n[nH]c(C2CCN(C(=O)CO)CC2)c1-c1ccncn1. The molecule has 1 amide bonds. The van der Waals surface area contributed by atoms with E-state index in [-0.39, 0.29) is 11.8 Å². The largest absolute Gasteiger partial charge is 0.387 e. The highest BCUT2D eigenvalue weighted by atomic mass is 35.5. The Hall–Kier alpha value is -2.77. The second kappa shape index (κ2) is 8.31. The van der Waals surface area contributed by atoms with Gasteiger partial charge >= 0.3 is 0 Å². The lowest BCUT2D eigenvalue weighted by Crippen LogP contribution is -2.39. The number of nitrogens with zero attached hydrogens (tertiary/aromatic N) is 4. The number of hydrogen-bond donors (Lipinski definition) is 2. The lowest BCUT2D eigenvalue weighted by atomic mass is 9.88. The van der Waals surface area contributed by atoms with Gasteiger partial charge < -0.3 is 10.0 Å². The maximum absolute atomic E-state index is 11.8. The number of carbonyl (C=O) groups excluding carboxylic acids is 1. The molecule has 7 nitrogen and oxygen atoms in total. The fraction of sp³-hybridized carbons (Fsp3) is 0.333. The Bertz CT molecular complexity index is 1010. The molecule has 1 aliphatic heterocycles. The zero-order valence-corrected chi connectivity index (χ0v) is 16.9. The summed E-state index contributed by atoms with van der Waals surface area (Å²) in [6, 6.07) is 7.67. The van der Waals surface area contributed by atoms with Crippen molar-refractivity contribution in [3.63, 3.8) is 0 Å². The Morgan fingerprint density at radius 1 is 1.31 bits per heavy atom. The van der Waals surface area contributed by atoms with Crippen molar-refractivity contribution in [3.8, 4) is 22.5 Å². The summed E-state index contributed by atoms with van der Waals surface area (Å²) in [6.07, 6.45) is 4.83. The number of aromatic amines is 1. The van der Waals surface area contributed by atoms with Gasteiger partial charge in [-0.1, -0.05) is 23.7 Å². The van der Waals surface area contributed by atoms with Crippen LogP contribution >= 0.6 is 11.6 Å². The highest BCUT2D eigenvalue weighted by Gasteiger charge is 2.29. The summed E-state index contributed by atoms with van der Waals surface area (Å²) in [4.78, 5) is 22.0. The van der Waals surface area contributed by atoms with Crippen molar-refractivity contribution in [1.29, 1.82) is 0 Å². The van der Waals surface area contributed by atoms with Crippen molar-refractivity contribution in [2.24, 2.45) is 0 Å². The molecule has 0 saturated carbocycles. The number of rotatable bonds is 4. The summed E-state index contributed by atoms with van der Waals surface area (Å²) in [5, 5.41) is 17.7. The van der Waals surface area contributed by atoms with Crippen LogP contribution in [0.3, 0.4) is 0 Å². The number of likely N-dealkylation sites (tertiary alicyclic amines) is 1. The maximum Gasteiger partial charge on any atom is 0.248 e. The number of aliphatic hydroxyl groups excluding tert-OH is 1. The summed E-state index contributed by atoms with van der Waals surface area (Å²) in [5.74, 6) is -0.0113. The monoisotopic (exact) mass is 411 g/mol. The first kappa shape index (κ1) is 19.5. The minimum absolute atomic E-state index is 0.212. The van der Waals surface area contributed by atoms with E-state index >= 15 is 0 Å². The molecule has 2 N–H and O–H groups in total. The molecule has 1 fully saturated rings. The van der Waals surface area contributed by atoms with Gasteiger partial charge in [-0.3, -0.25) is 9.89 Å². The Balaban J connectivity index is 1.75. The van der Waals surface area contributed by atoms with E-state index in [0.29, 0.717) is 18.1 Å². The van der Waals surface area contributed by atoms with E-state index in [9.17, 15) is 4.79 Å². The second-order valence-electron chi connectivity index (χ2n) is 7.18. The van der Waals surface area contributed by atoms with E-state index in [1.54, 1.807) is 11.1 Å². The number of piperidine rings is 1. The Labute approximate surface area is 173 Å². The summed E-state index contributed by atoms with van der Waals surface area (Å²) in [6.45, 7) is 2.75. The van der Waals surface area contributed by atoms with Crippen LogP contribution in [0.4, 0.5) is 0 Å². The molecule has 4 rings (SSSR count). The third kappa shape index (κ3) is 3.75. The lowest BCUT2D eigenvalue weighted by Gasteiger charge is -2.31. The number of amides is 1. The molecular formula is C21H22ClN5O2. The average molecular weight is 412 g/mol. The van der Waals surface area contributed by atoms with E-state index in [4.69, 9.17) is 16.7 Å². The molecule has 0 aliphatic carbocycles. The molecule has 1 aromatic carbocycles. The van der Waals surface area contributed by atoms with Crippen molar-refractivity contribution >= 4 is 17.5 Å². The first-order chi connectivity index (χ1) is 14.1. The van der Waals surface area contributed by atoms with Crippen LogP contribution in [0.15, 0.2) is 36.8 Å². The number of aromatic nitrogens is 4. The highest BCUT2D eigenvalue weighted by Crippen LogP contribution is 2.40. The Morgan fingerprint density at radius 3 is 2.79 bits per heavy atom. The average Bonchev–Trinajstić information content (AvgIpc) is 3.20. The van der Waals surface area contributed by atoms with Gasteiger partial charge in [-0.25, -0.2) is 9.97 Å². The number of halogens is 1. The first-order valence-electron chi connectivity index (χ1n) is 9.59. The molecule has 0 unspecified atom stereocenters. The fourth-order valence-electron chi connectivity index (χ4n) is 3.93. The quantitative estimate of drug-likeness (QED) is 0.687. The Kier molecular flexibility index (Phi) is 5.60. The van der Waals surface area contributed by atoms with Gasteiger partial charge in [-0.15, -0.1) is 0 Å². The summed E-state index contributed by atoms with van der Waals surface area (Å²) in [5.41, 5.74) is 5.49. The van der Waals surface area contributed by atoms with Gasteiger partial charge in [0, 0.05) is 47.0 Å². The van der Waals surface area contributed by atoms with Crippen LogP contribution in [0.25, 0.3) is 22.5 Å². The van der Waals surface area contributed by atoms with Crippen LogP contribution < -0.4 is 0 Å². The van der Waals surface area contributed by atoms with Gasteiger partial charge in [0.05, 0.1) is 5.69 Å². The van der Waals surface area contributed by atoms with E-state index in [1.165, 1.54) is 6.33 Å². The normalized spacial score (nSPS) is 14.9. The molecule has 1 saturated heterocycles. The molecule has 2 aromatic heterocycles. The van der Waals surface area contributed by atoms with Crippen LogP contribution in [0.5, 0.6) is 0 Å². The number of aliphatic hydroxyl groups is 1. The number of nitrogens with one attached hydrogen (secondary N) is 1. The molecule has 8 heteroatoms. The molecule has 0 atom stereocenters. The summed E-state index contributed by atoms with van der Waals surface area (Å²) in [7, 11) is 0. The van der Waals surface area contributed by atoms with Gasteiger partial charge in [0.25, 0.3) is 0 Å². The molecule has 3 heterocycles. The fourth-order valence-corrected chi connectivity index (χ4v) is 4.10. The smallest absolute Gasteiger partial charge is 0.248 e. The minimum atomic E-state index is -0.445. The maximum atomic E-state index is 11.8. The van der Waals surface area contributed by atoms with Crippen molar-refractivity contribution in [1.82, 2.24) is 25.1 Å². The standard InChI is InChI=1S/C21H22ClN5O2/c1-13-15(3-2-4-16(13)22)21-19(17-5-8-23-12-24-17)20(25-26-21)14-6-9-27(10-7-14)18(29)11-28/h2-5,8,12,14,28H,6-7,9-11H2,1H3,(H,25,26). The summed E-state index contributed by atoms with van der Waals surface area (Å²) < 4.78 is 0. The third-order valence-electron chi connectivity index (χ3n) is 5.55. The van der Waals surface area contributed by atoms with Gasteiger partial charge in [0.2, 0.25) is 5.91 Å². The van der Waals surface area contributed by atoms with Gasteiger partial charge in [-0.2, -0.15) is 5.10 Å². The van der Waals surface area contributed by atoms with Crippen LogP contribution in [-0.2, 0) is 4.79 Å². The Morgan fingerprint density at radius 2 is 2.10 bits per heavy atom. The van der Waals surface area contributed by atoms with E-state index in [1.807, 2.05) is 31.2 Å². The van der Waals surface area contributed by atoms with E-state index in [2.05, 4.69) is 20.2 Å². The zero-order valence-electron chi connectivity index (χ0n) is 16.1. The first-order valence-corrected chi connectivity index (χ1v) is 9.96. The molecule has 150 valence electrons. The van der Waals surface area contributed by atoms with Crippen LogP contribution in [-0.4, -0.2) is 55.8 Å². The number of benzene rings is 1. The van der Waals surface area contributed by atoms with Crippen LogP contribution in [0, 0.1) is 6.92 Å². The predicted molar refractivity (Wildman–Crippen MR) is 110 cm³/mol. The van der Waals surface area contributed by atoms with Gasteiger partial charge in [0.15, 0.2) is 0 Å². The number of hydrogen-bond acceptors (Lipinski definition) is 5. The predicted octanol–water partition coefficient (Wildman–Crippen LogP) is 3.19. The zero-order chi connectivity index (χ0) is 20.4. The number of H-pyrrole nitrogens is 1. The molecule has 0 bridgehead atoms. The topological polar surface area (TPSA) is 95.0 Å². The lowest BCUT2D eigenvalue weighted by molar-refractivity contribution is -0.135. The van der Waals surface area contributed by atoms with E-state index < -0.39 is 6.61 Å². The van der Waals surface area contributed by atoms with Crippen molar-refractivity contribution in [2.45, 2.75) is 25.7 Å². The highest BCUT2D eigenvalue weighted by molar-refractivity contribution is 6.31. The molecule has 29 heavy (non-hydrogen) atoms. The third-order valence-corrected chi connectivity index (χ3v) is 5.96. The van der Waals surface area contributed by atoms with Crippen molar-refractivity contribution < 1.29 is 9.90 Å². The van der Waals surface area contributed by atoms with Crippen LogP contribution in [0.2, 0.25) is 5.02 Å². The number of carbonyl (C=O) groups is 1. The summed E-state index contributed by atoms with van der Waals surface area (Å²) >= 11 is 6.36. The van der Waals surface area contributed by atoms with Gasteiger partial charge in [-0.05, 0) is 37.5 Å². The molecule has 1 aliphatic rings. The molecule has 3 aromatic rings. The van der Waals surface area contributed by atoms with Crippen LogP contribution in [0.1, 0.15) is 30.0 Å². The van der Waals surface area contributed by atoms with Gasteiger partial charge in [0.1, 0.15) is 18.6 Å². The second-order valence-corrected chi connectivity index (χ2v) is 7.59. The van der Waals surface area contributed by atoms with Crippen molar-refractivity contribution in [2.75, 3.05) is 19.7 Å². The van der Waals surface area contributed by atoms with Crippen molar-refractivity contribution in [3.05, 3.63) is 53.1 Å². The minimum Gasteiger partial charge on any atom is -0.387 e. The van der Waals surface area contributed by atoms with E-state index in [0.717, 1.165) is 46.6 Å².